The SMILES string of the molecule is COCCN(C(=O)c1ccc(C#N)cc1)c1c(N)n(CC(C)C)c(=O)[nH]c1=O. The van der Waals surface area contributed by atoms with Crippen LogP contribution in [0.15, 0.2) is 33.9 Å². The van der Waals surface area contributed by atoms with Crippen molar-refractivity contribution in [3.8, 4) is 6.07 Å². The first-order valence-electron chi connectivity index (χ1n) is 8.73. The van der Waals surface area contributed by atoms with E-state index < -0.39 is 17.2 Å². The van der Waals surface area contributed by atoms with Gasteiger partial charge in [-0.2, -0.15) is 5.26 Å². The lowest BCUT2D eigenvalue weighted by atomic mass is 10.1. The van der Waals surface area contributed by atoms with Gasteiger partial charge in [-0.05, 0) is 30.2 Å². The molecule has 9 nitrogen and oxygen atoms in total. The topological polar surface area (TPSA) is 134 Å². The van der Waals surface area contributed by atoms with E-state index in [1.165, 1.54) is 40.8 Å². The van der Waals surface area contributed by atoms with Crippen molar-refractivity contribution in [3.63, 3.8) is 0 Å². The van der Waals surface area contributed by atoms with Gasteiger partial charge in [0.25, 0.3) is 11.5 Å². The molecule has 1 amide bonds. The molecule has 1 heterocycles. The van der Waals surface area contributed by atoms with Crippen LogP contribution in [-0.4, -0.2) is 35.7 Å². The summed E-state index contributed by atoms with van der Waals surface area (Å²) in [7, 11) is 1.47. The number of hydrogen-bond donors (Lipinski definition) is 2. The number of H-pyrrole nitrogens is 1. The number of aromatic amines is 1. The van der Waals surface area contributed by atoms with Crippen molar-refractivity contribution < 1.29 is 9.53 Å². The maximum atomic E-state index is 13.1. The van der Waals surface area contributed by atoms with Crippen LogP contribution in [0.5, 0.6) is 0 Å². The number of rotatable bonds is 7. The first-order valence-corrected chi connectivity index (χ1v) is 8.73. The maximum Gasteiger partial charge on any atom is 0.330 e. The average Bonchev–Trinajstić information content (AvgIpc) is 2.67. The highest BCUT2D eigenvalue weighted by molar-refractivity contribution is 6.07. The number of nitrogens with zero attached hydrogens (tertiary/aromatic N) is 3. The molecule has 0 aliphatic heterocycles. The second kappa shape index (κ2) is 9.01. The summed E-state index contributed by atoms with van der Waals surface area (Å²) in [4.78, 5) is 41.2. The summed E-state index contributed by atoms with van der Waals surface area (Å²) >= 11 is 0. The second-order valence-corrected chi connectivity index (χ2v) is 6.64. The maximum absolute atomic E-state index is 13.1. The van der Waals surface area contributed by atoms with E-state index in [-0.39, 0.29) is 42.7 Å². The van der Waals surface area contributed by atoms with Gasteiger partial charge in [0.05, 0.1) is 18.2 Å². The Balaban J connectivity index is 2.59. The highest BCUT2D eigenvalue weighted by atomic mass is 16.5. The van der Waals surface area contributed by atoms with Crippen molar-refractivity contribution in [2.24, 2.45) is 5.92 Å². The minimum Gasteiger partial charge on any atom is -0.383 e. The summed E-state index contributed by atoms with van der Waals surface area (Å²) in [6.07, 6.45) is 0. The van der Waals surface area contributed by atoms with Crippen molar-refractivity contribution in [3.05, 3.63) is 56.2 Å². The number of carbonyl (C=O) groups is 1. The third kappa shape index (κ3) is 4.47. The van der Waals surface area contributed by atoms with E-state index in [2.05, 4.69) is 4.98 Å². The van der Waals surface area contributed by atoms with Gasteiger partial charge in [-0.3, -0.25) is 24.0 Å². The van der Waals surface area contributed by atoms with Gasteiger partial charge in [0.15, 0.2) is 5.69 Å². The summed E-state index contributed by atoms with van der Waals surface area (Å²) in [5.41, 5.74) is 5.33. The molecule has 0 aliphatic carbocycles. The number of anilines is 2. The number of benzene rings is 1. The fourth-order valence-electron chi connectivity index (χ4n) is 2.73. The predicted molar refractivity (Wildman–Crippen MR) is 105 cm³/mol. The summed E-state index contributed by atoms with van der Waals surface area (Å²) in [6.45, 7) is 4.31. The Morgan fingerprint density at radius 2 is 1.96 bits per heavy atom. The van der Waals surface area contributed by atoms with Gasteiger partial charge in [-0.1, -0.05) is 13.8 Å². The summed E-state index contributed by atoms with van der Waals surface area (Å²) < 4.78 is 6.30. The zero-order valence-corrected chi connectivity index (χ0v) is 16.1. The second-order valence-electron chi connectivity index (χ2n) is 6.64. The number of hydrogen-bond acceptors (Lipinski definition) is 6. The molecule has 148 valence electrons. The Labute approximate surface area is 162 Å². The van der Waals surface area contributed by atoms with Crippen molar-refractivity contribution in [2.45, 2.75) is 20.4 Å². The number of ether oxygens (including phenoxy) is 1. The van der Waals surface area contributed by atoms with Crippen LogP contribution in [-0.2, 0) is 11.3 Å². The number of nitrogens with one attached hydrogen (secondary N) is 1. The molecule has 0 bridgehead atoms. The van der Waals surface area contributed by atoms with E-state index in [1.807, 2.05) is 19.9 Å². The van der Waals surface area contributed by atoms with E-state index in [1.54, 1.807) is 0 Å². The van der Waals surface area contributed by atoms with Crippen molar-refractivity contribution >= 4 is 17.4 Å². The molecule has 2 aromatic rings. The molecule has 0 fully saturated rings. The van der Waals surface area contributed by atoms with Crippen LogP contribution in [0.3, 0.4) is 0 Å². The average molecular weight is 385 g/mol. The third-order valence-electron chi connectivity index (χ3n) is 4.06. The van der Waals surface area contributed by atoms with E-state index in [9.17, 15) is 14.4 Å². The number of aromatic nitrogens is 2. The summed E-state index contributed by atoms with van der Waals surface area (Å²) in [6, 6.07) is 7.99. The number of nitrogens with two attached hydrogens (primary N) is 1. The first kappa shape index (κ1) is 20.9. The van der Waals surface area contributed by atoms with Gasteiger partial charge in [0, 0.05) is 25.8 Å². The summed E-state index contributed by atoms with van der Waals surface area (Å²) in [5.74, 6) is -0.477. The normalized spacial score (nSPS) is 10.7. The number of methoxy groups -OCH3 is 1. The molecule has 0 atom stereocenters. The van der Waals surface area contributed by atoms with Crippen LogP contribution in [0.25, 0.3) is 0 Å². The lowest BCUT2D eigenvalue weighted by Crippen LogP contribution is -2.42. The molecule has 0 saturated carbocycles. The van der Waals surface area contributed by atoms with Gasteiger partial charge in [-0.15, -0.1) is 0 Å². The Hall–Kier alpha value is -3.38. The van der Waals surface area contributed by atoms with Crippen LogP contribution in [0, 0.1) is 17.2 Å². The van der Waals surface area contributed by atoms with Gasteiger partial charge >= 0.3 is 5.69 Å². The highest BCUT2D eigenvalue weighted by Gasteiger charge is 2.25. The van der Waals surface area contributed by atoms with E-state index in [4.69, 9.17) is 15.7 Å². The lowest BCUT2D eigenvalue weighted by Gasteiger charge is -2.24. The standard InChI is InChI=1S/C19H23N5O4/c1-12(2)11-24-16(21)15(17(25)22-19(24)27)23(8-9-28-3)18(26)14-6-4-13(10-20)5-7-14/h4-7,12H,8-9,11,21H2,1-3H3,(H,22,25,27). The Bertz CT molecular complexity index is 999. The first-order chi connectivity index (χ1) is 13.3. The number of amides is 1. The van der Waals surface area contributed by atoms with Gasteiger partial charge in [0.2, 0.25) is 0 Å². The molecule has 0 radical (unpaired) electrons. The monoisotopic (exact) mass is 385 g/mol. The smallest absolute Gasteiger partial charge is 0.330 e. The van der Waals surface area contributed by atoms with E-state index in [0.29, 0.717) is 5.56 Å². The lowest BCUT2D eigenvalue weighted by molar-refractivity contribution is 0.0975. The minimum absolute atomic E-state index is 0.0580. The molecule has 3 N–H and O–H groups in total. The molecule has 1 aromatic carbocycles. The molecule has 0 spiro atoms. The molecular formula is C19H23N5O4. The third-order valence-corrected chi connectivity index (χ3v) is 4.06. The fourth-order valence-corrected chi connectivity index (χ4v) is 2.73. The molecule has 2 rings (SSSR count). The predicted octanol–water partition coefficient (Wildman–Crippen LogP) is 0.940. The zero-order chi connectivity index (χ0) is 20.8. The molecule has 9 heteroatoms. The van der Waals surface area contributed by atoms with Crippen molar-refractivity contribution in [1.82, 2.24) is 9.55 Å². The van der Waals surface area contributed by atoms with Crippen molar-refractivity contribution in [2.75, 3.05) is 30.9 Å². The molecular weight excluding hydrogens is 362 g/mol. The van der Waals surface area contributed by atoms with Crippen LogP contribution in [0.1, 0.15) is 29.8 Å². The largest absolute Gasteiger partial charge is 0.383 e. The highest BCUT2D eigenvalue weighted by Crippen LogP contribution is 2.20. The molecule has 0 unspecified atom stereocenters. The van der Waals surface area contributed by atoms with Crippen molar-refractivity contribution in [1.29, 1.82) is 5.26 Å². The Morgan fingerprint density at radius 3 is 2.50 bits per heavy atom. The van der Waals surface area contributed by atoms with Gasteiger partial charge < -0.3 is 10.5 Å². The van der Waals surface area contributed by atoms with Gasteiger partial charge in [-0.25, -0.2) is 4.79 Å². The number of nitrogen functional groups attached to an aromatic ring is 1. The Kier molecular flexibility index (Phi) is 6.74. The molecule has 0 aliphatic rings. The quantitative estimate of drug-likeness (QED) is 0.728. The Morgan fingerprint density at radius 1 is 1.32 bits per heavy atom. The van der Waals surface area contributed by atoms with Crippen LogP contribution in [0.4, 0.5) is 11.5 Å². The molecule has 1 aromatic heterocycles. The van der Waals surface area contributed by atoms with Crippen LogP contribution >= 0.6 is 0 Å². The zero-order valence-electron chi connectivity index (χ0n) is 16.1. The number of nitriles is 1. The van der Waals surface area contributed by atoms with Crippen LogP contribution < -0.4 is 21.9 Å². The summed E-state index contributed by atoms with van der Waals surface area (Å²) in [5, 5.41) is 8.92. The number of carbonyl (C=O) groups excluding carboxylic acids is 1. The molecule has 0 saturated heterocycles. The van der Waals surface area contributed by atoms with Gasteiger partial charge in [0.1, 0.15) is 5.82 Å². The molecule has 28 heavy (non-hydrogen) atoms. The van der Waals surface area contributed by atoms with E-state index >= 15 is 0 Å². The minimum atomic E-state index is -0.749. The fraction of sp³-hybridized carbons (Fsp3) is 0.368. The van der Waals surface area contributed by atoms with Crippen LogP contribution in [0.2, 0.25) is 0 Å². The van der Waals surface area contributed by atoms with E-state index in [0.717, 1.165) is 0 Å².